The first kappa shape index (κ1) is 18.7. The number of nitrogens with zero attached hydrogens (tertiary/aromatic N) is 2. The quantitative estimate of drug-likeness (QED) is 0.709. The van der Waals surface area contributed by atoms with Crippen LogP contribution in [0.4, 0.5) is 5.69 Å². The van der Waals surface area contributed by atoms with Gasteiger partial charge in [-0.3, -0.25) is 14.8 Å². The van der Waals surface area contributed by atoms with Crippen molar-refractivity contribution in [3.8, 4) is 11.6 Å². The van der Waals surface area contributed by atoms with Gasteiger partial charge in [0, 0.05) is 17.4 Å². The third-order valence-electron chi connectivity index (χ3n) is 5.31. The van der Waals surface area contributed by atoms with E-state index in [0.29, 0.717) is 17.2 Å². The number of para-hydroxylation sites is 1. The number of hydrogen-bond donors (Lipinski definition) is 2. The molecule has 0 radical (unpaired) electrons. The van der Waals surface area contributed by atoms with Gasteiger partial charge in [-0.1, -0.05) is 44.2 Å². The Morgan fingerprint density at radius 1 is 1.14 bits per heavy atom. The van der Waals surface area contributed by atoms with Crippen LogP contribution in [0.15, 0.2) is 63.1 Å². The molecule has 2 aromatic carbocycles. The molecule has 0 aliphatic carbocycles. The summed E-state index contributed by atoms with van der Waals surface area (Å²) >= 11 is 0. The Morgan fingerprint density at radius 2 is 1.86 bits per heavy atom. The summed E-state index contributed by atoms with van der Waals surface area (Å²) < 4.78 is 1.10. The molecule has 1 atom stereocenters. The zero-order valence-electron chi connectivity index (χ0n) is 16.2. The third-order valence-corrected chi connectivity index (χ3v) is 5.31. The lowest BCUT2D eigenvalue weighted by Gasteiger charge is -2.13. The highest BCUT2D eigenvalue weighted by molar-refractivity contribution is 6.21. The van der Waals surface area contributed by atoms with Crippen molar-refractivity contribution < 1.29 is 5.11 Å². The summed E-state index contributed by atoms with van der Waals surface area (Å²) in [6.07, 6.45) is 4.19. The van der Waals surface area contributed by atoms with Crippen molar-refractivity contribution in [1.82, 2.24) is 9.55 Å². The lowest BCUT2D eigenvalue weighted by Crippen LogP contribution is -2.30. The summed E-state index contributed by atoms with van der Waals surface area (Å²) in [7, 11) is 0. The number of rotatable bonds is 4. The van der Waals surface area contributed by atoms with E-state index in [9.17, 15) is 14.7 Å². The summed E-state index contributed by atoms with van der Waals surface area (Å²) in [6, 6.07) is 14.9. The second kappa shape index (κ2) is 7.39. The first-order chi connectivity index (χ1) is 14.0. The largest absolute Gasteiger partial charge is 0.494 e. The minimum Gasteiger partial charge on any atom is -0.494 e. The summed E-state index contributed by atoms with van der Waals surface area (Å²) in [5, 5.41) is 10.8. The minimum absolute atomic E-state index is 0.00811. The van der Waals surface area contributed by atoms with Crippen LogP contribution in [0.3, 0.4) is 0 Å². The molecule has 6 nitrogen and oxygen atoms in total. The van der Waals surface area contributed by atoms with Gasteiger partial charge in [0.15, 0.2) is 0 Å². The van der Waals surface area contributed by atoms with Crippen molar-refractivity contribution in [2.24, 2.45) is 4.99 Å². The molecule has 6 heteroatoms. The van der Waals surface area contributed by atoms with Gasteiger partial charge in [0.05, 0.1) is 11.4 Å². The fraction of sp³-hybridized carbons (Fsp3) is 0.174. The van der Waals surface area contributed by atoms with Crippen LogP contribution in [0.2, 0.25) is 0 Å². The fourth-order valence-corrected chi connectivity index (χ4v) is 3.41. The number of allylic oxidation sites excluding steroid dienone is 1. The van der Waals surface area contributed by atoms with Crippen LogP contribution in [0.5, 0.6) is 5.88 Å². The van der Waals surface area contributed by atoms with E-state index < -0.39 is 17.1 Å². The number of aromatic nitrogens is 2. The Labute approximate surface area is 167 Å². The minimum atomic E-state index is -0.688. The molecule has 0 bridgehead atoms. The van der Waals surface area contributed by atoms with Gasteiger partial charge in [0.2, 0.25) is 5.88 Å². The van der Waals surface area contributed by atoms with Crippen molar-refractivity contribution in [2.45, 2.75) is 26.2 Å². The molecule has 0 unspecified atom stereocenters. The van der Waals surface area contributed by atoms with Crippen LogP contribution in [0, 0.1) is 0 Å². The van der Waals surface area contributed by atoms with Crippen LogP contribution in [-0.4, -0.2) is 20.9 Å². The van der Waals surface area contributed by atoms with E-state index in [0.717, 1.165) is 27.8 Å². The number of H-pyrrole nitrogens is 1. The lowest BCUT2D eigenvalue weighted by molar-refractivity contribution is 0.429. The lowest BCUT2D eigenvalue weighted by atomic mass is 9.98. The molecule has 1 aromatic heterocycles. The Kier molecular flexibility index (Phi) is 4.76. The number of aromatic hydroxyl groups is 1. The third kappa shape index (κ3) is 3.33. The molecule has 4 rings (SSSR count). The molecule has 0 amide bonds. The maximum Gasteiger partial charge on any atom is 0.335 e. The zero-order valence-corrected chi connectivity index (χ0v) is 16.2. The number of fused-ring (bicyclic) bond motifs is 1. The number of benzene rings is 2. The predicted molar refractivity (Wildman–Crippen MR) is 115 cm³/mol. The van der Waals surface area contributed by atoms with E-state index in [1.54, 1.807) is 24.4 Å². The van der Waals surface area contributed by atoms with Gasteiger partial charge in [-0.15, -0.1) is 0 Å². The van der Waals surface area contributed by atoms with E-state index in [2.05, 4.69) is 23.8 Å². The highest BCUT2D eigenvalue weighted by Crippen LogP contribution is 2.33. The second-order valence-corrected chi connectivity index (χ2v) is 7.11. The summed E-state index contributed by atoms with van der Waals surface area (Å²) in [4.78, 5) is 31.4. The highest BCUT2D eigenvalue weighted by Gasteiger charge is 2.17. The van der Waals surface area contributed by atoms with Gasteiger partial charge in [0.25, 0.3) is 5.56 Å². The fourth-order valence-electron chi connectivity index (χ4n) is 3.41. The first-order valence-electron chi connectivity index (χ1n) is 9.53. The molecule has 2 heterocycles. The van der Waals surface area contributed by atoms with Gasteiger partial charge in [-0.05, 0) is 42.2 Å². The van der Waals surface area contributed by atoms with Crippen molar-refractivity contribution in [2.75, 3.05) is 0 Å². The molecule has 146 valence electrons. The second-order valence-electron chi connectivity index (χ2n) is 7.11. The van der Waals surface area contributed by atoms with Gasteiger partial charge in [-0.2, -0.15) is 0 Å². The van der Waals surface area contributed by atoms with Crippen molar-refractivity contribution in [1.29, 1.82) is 0 Å². The number of hydrogen-bond acceptors (Lipinski definition) is 4. The Hall–Kier alpha value is -3.67. The first-order valence-corrected chi connectivity index (χ1v) is 9.53. The molecule has 0 spiro atoms. The highest BCUT2D eigenvalue weighted by atomic mass is 16.3. The predicted octanol–water partition coefficient (Wildman–Crippen LogP) is 4.00. The van der Waals surface area contributed by atoms with E-state index in [-0.39, 0.29) is 5.56 Å². The van der Waals surface area contributed by atoms with Crippen molar-refractivity contribution in [3.05, 3.63) is 86.1 Å². The van der Waals surface area contributed by atoms with Crippen LogP contribution in [-0.2, 0) is 0 Å². The molecular weight excluding hydrogens is 366 g/mol. The molecule has 3 aromatic rings. The molecular formula is C23H21N3O3. The maximum atomic E-state index is 12.4. The average Bonchev–Trinajstić information content (AvgIpc) is 3.14. The Morgan fingerprint density at radius 3 is 2.59 bits per heavy atom. The van der Waals surface area contributed by atoms with E-state index >= 15 is 0 Å². The SMILES string of the molecule is CC[C@@H](C)c1ccc(-n2c(O)c(C=C3C=Nc4ccccc43)c(=O)[nH]c2=O)cc1. The average molecular weight is 387 g/mol. The molecule has 1 aliphatic rings. The van der Waals surface area contributed by atoms with E-state index in [1.165, 1.54) is 0 Å². The molecule has 1 aliphatic heterocycles. The van der Waals surface area contributed by atoms with Gasteiger partial charge in [-0.25, -0.2) is 9.36 Å². The molecule has 29 heavy (non-hydrogen) atoms. The molecule has 0 saturated carbocycles. The Balaban J connectivity index is 1.83. The smallest absolute Gasteiger partial charge is 0.335 e. The Bertz CT molecular complexity index is 1250. The van der Waals surface area contributed by atoms with Crippen LogP contribution < -0.4 is 11.2 Å². The number of nitrogens with one attached hydrogen (secondary N) is 1. The molecule has 0 fully saturated rings. The van der Waals surface area contributed by atoms with Crippen LogP contribution in [0.1, 0.15) is 42.9 Å². The summed E-state index contributed by atoms with van der Waals surface area (Å²) in [5.41, 5.74) is 2.65. The maximum absolute atomic E-state index is 12.4. The monoisotopic (exact) mass is 387 g/mol. The zero-order chi connectivity index (χ0) is 20.5. The standard InChI is InChI=1S/C23H21N3O3/c1-3-14(2)15-8-10-17(11-9-15)26-22(28)19(21(27)25-23(26)29)12-16-13-24-20-7-5-4-6-18(16)20/h4-14,28H,3H2,1-2H3,(H,25,27,29)/t14-/m1/s1. The van der Waals surface area contributed by atoms with Crippen LogP contribution >= 0.6 is 0 Å². The van der Waals surface area contributed by atoms with Crippen molar-refractivity contribution >= 4 is 23.6 Å². The molecule has 0 saturated heterocycles. The van der Waals surface area contributed by atoms with Crippen LogP contribution in [0.25, 0.3) is 17.3 Å². The number of aromatic amines is 1. The summed E-state index contributed by atoms with van der Waals surface area (Å²) in [6.45, 7) is 4.24. The van der Waals surface area contributed by atoms with Gasteiger partial charge < -0.3 is 5.11 Å². The summed E-state index contributed by atoms with van der Waals surface area (Å²) in [5.74, 6) is -0.00714. The number of aliphatic imine (C=N–C) groups is 1. The van der Waals surface area contributed by atoms with E-state index in [4.69, 9.17) is 0 Å². The van der Waals surface area contributed by atoms with E-state index in [1.807, 2.05) is 36.4 Å². The topological polar surface area (TPSA) is 87.4 Å². The van der Waals surface area contributed by atoms with Crippen molar-refractivity contribution in [3.63, 3.8) is 0 Å². The normalized spacial score (nSPS) is 14.9. The van der Waals surface area contributed by atoms with Gasteiger partial charge in [0.1, 0.15) is 5.56 Å². The molecule has 2 N–H and O–H groups in total. The van der Waals surface area contributed by atoms with Gasteiger partial charge >= 0.3 is 5.69 Å².